The normalized spacial score (nSPS) is 20.7. The number of hydrogen-bond donors (Lipinski definition) is 1. The van der Waals surface area contributed by atoms with Crippen LogP contribution in [-0.4, -0.2) is 26.3 Å². The van der Waals surface area contributed by atoms with Gasteiger partial charge in [0.25, 0.3) is 0 Å². The van der Waals surface area contributed by atoms with Gasteiger partial charge in [0, 0.05) is 23.4 Å². The molecule has 0 spiro atoms. The summed E-state index contributed by atoms with van der Waals surface area (Å²) in [6, 6.07) is 8.11. The highest BCUT2D eigenvalue weighted by Gasteiger charge is 2.41. The van der Waals surface area contributed by atoms with Crippen LogP contribution in [0, 0.1) is 12.3 Å². The van der Waals surface area contributed by atoms with Crippen molar-refractivity contribution in [3.05, 3.63) is 59.3 Å². The molecule has 4 rings (SSSR count). The van der Waals surface area contributed by atoms with Crippen molar-refractivity contribution in [2.75, 3.05) is 11.1 Å². The standard InChI is InChI=1S/C21H24N4OS/c1-5-10-27-20-23-19-22-15-11-21(3,4)12-16(26)17(15)18(25(19)24-20)14-8-6-13(2)7-9-14/h5-9,18H,1,10-12H2,2-4H3,(H,22,23,24). The van der Waals surface area contributed by atoms with Crippen molar-refractivity contribution in [3.63, 3.8) is 0 Å². The van der Waals surface area contributed by atoms with Gasteiger partial charge in [-0.3, -0.25) is 4.79 Å². The average molecular weight is 381 g/mol. The fraction of sp³-hybridized carbons (Fsp3) is 0.381. The van der Waals surface area contributed by atoms with E-state index in [4.69, 9.17) is 5.10 Å². The molecule has 1 aliphatic heterocycles. The van der Waals surface area contributed by atoms with Crippen molar-refractivity contribution >= 4 is 23.5 Å². The third kappa shape index (κ3) is 3.34. The predicted molar refractivity (Wildman–Crippen MR) is 109 cm³/mol. The highest BCUT2D eigenvalue weighted by Crippen LogP contribution is 2.45. The van der Waals surface area contributed by atoms with E-state index < -0.39 is 0 Å². The van der Waals surface area contributed by atoms with E-state index in [1.807, 2.05) is 10.8 Å². The van der Waals surface area contributed by atoms with Crippen LogP contribution < -0.4 is 5.32 Å². The zero-order chi connectivity index (χ0) is 19.2. The van der Waals surface area contributed by atoms with Gasteiger partial charge in [0.05, 0.1) is 0 Å². The van der Waals surface area contributed by atoms with Crippen LogP contribution in [0.2, 0.25) is 0 Å². The second kappa shape index (κ2) is 6.68. The number of Topliss-reactive ketones (excluding diaryl/α,β-unsaturated/α-hetero) is 1. The van der Waals surface area contributed by atoms with Gasteiger partial charge >= 0.3 is 0 Å². The molecule has 0 radical (unpaired) electrons. The number of carbonyl (C=O) groups is 1. The third-order valence-electron chi connectivity index (χ3n) is 5.04. The molecule has 0 saturated heterocycles. The second-order valence-electron chi connectivity index (χ2n) is 8.03. The molecule has 1 aromatic carbocycles. The molecule has 1 unspecified atom stereocenters. The number of carbonyl (C=O) groups excluding carboxylic acids is 1. The highest BCUT2D eigenvalue weighted by atomic mass is 32.2. The molecule has 2 aromatic rings. The van der Waals surface area contributed by atoms with Crippen LogP contribution >= 0.6 is 11.8 Å². The molecule has 0 saturated carbocycles. The summed E-state index contributed by atoms with van der Waals surface area (Å²) < 4.78 is 1.87. The SMILES string of the molecule is C=CCSc1nc2n(n1)C(c1ccc(C)cc1)C1=C(CC(C)(C)CC1=O)N2. The average Bonchev–Trinajstić information content (AvgIpc) is 3.00. The monoisotopic (exact) mass is 380 g/mol. The summed E-state index contributed by atoms with van der Waals surface area (Å²) in [7, 11) is 0. The summed E-state index contributed by atoms with van der Waals surface area (Å²) in [6.07, 6.45) is 3.22. The molecule has 27 heavy (non-hydrogen) atoms. The number of ketones is 1. The first-order valence-electron chi connectivity index (χ1n) is 9.18. The summed E-state index contributed by atoms with van der Waals surface area (Å²) in [5.74, 6) is 1.65. The van der Waals surface area contributed by atoms with E-state index in [2.05, 4.69) is 61.9 Å². The fourth-order valence-corrected chi connectivity index (χ4v) is 4.40. The van der Waals surface area contributed by atoms with Crippen LogP contribution in [0.15, 0.2) is 53.3 Å². The van der Waals surface area contributed by atoms with Gasteiger partial charge in [0.15, 0.2) is 5.78 Å². The minimum Gasteiger partial charge on any atom is -0.328 e. The van der Waals surface area contributed by atoms with Crippen LogP contribution in [-0.2, 0) is 4.79 Å². The van der Waals surface area contributed by atoms with Gasteiger partial charge in [-0.2, -0.15) is 4.98 Å². The number of rotatable bonds is 4. The number of hydrogen-bond acceptors (Lipinski definition) is 5. The van der Waals surface area contributed by atoms with Crippen LogP contribution in [0.5, 0.6) is 0 Å². The van der Waals surface area contributed by atoms with Gasteiger partial charge in [-0.25, -0.2) is 4.68 Å². The van der Waals surface area contributed by atoms with Gasteiger partial charge in [-0.15, -0.1) is 11.7 Å². The van der Waals surface area contributed by atoms with Crippen molar-refractivity contribution in [1.82, 2.24) is 14.8 Å². The van der Waals surface area contributed by atoms with E-state index >= 15 is 0 Å². The highest BCUT2D eigenvalue weighted by molar-refractivity contribution is 7.99. The van der Waals surface area contributed by atoms with Gasteiger partial charge in [-0.1, -0.05) is 61.5 Å². The van der Waals surface area contributed by atoms with Crippen molar-refractivity contribution in [1.29, 1.82) is 0 Å². The number of nitrogens with one attached hydrogen (secondary N) is 1. The number of thioether (sulfide) groups is 1. The van der Waals surface area contributed by atoms with Crippen LogP contribution in [0.3, 0.4) is 0 Å². The van der Waals surface area contributed by atoms with Crippen molar-refractivity contribution < 1.29 is 4.79 Å². The molecule has 2 heterocycles. The Morgan fingerprint density at radius 1 is 1.33 bits per heavy atom. The largest absolute Gasteiger partial charge is 0.328 e. The molecule has 0 fully saturated rings. The predicted octanol–water partition coefficient (Wildman–Crippen LogP) is 4.52. The fourth-order valence-electron chi connectivity index (χ4n) is 3.84. The van der Waals surface area contributed by atoms with Gasteiger partial charge in [-0.05, 0) is 24.3 Å². The molecule has 1 N–H and O–H groups in total. The summed E-state index contributed by atoms with van der Waals surface area (Å²) in [6.45, 7) is 10.1. The van der Waals surface area contributed by atoms with Crippen molar-refractivity contribution in [2.45, 2.75) is 44.8 Å². The minimum atomic E-state index is -0.231. The third-order valence-corrected chi connectivity index (χ3v) is 5.87. The Kier molecular flexibility index (Phi) is 4.46. The minimum absolute atomic E-state index is 0.0522. The van der Waals surface area contributed by atoms with Crippen LogP contribution in [0.4, 0.5) is 5.95 Å². The van der Waals surface area contributed by atoms with E-state index in [1.165, 1.54) is 5.56 Å². The van der Waals surface area contributed by atoms with Gasteiger partial charge in [0.1, 0.15) is 6.04 Å². The quantitative estimate of drug-likeness (QED) is 0.624. The molecular formula is C21H24N4OS. The van der Waals surface area contributed by atoms with Gasteiger partial charge < -0.3 is 5.32 Å². The molecule has 0 amide bonds. The Labute approximate surface area is 164 Å². The summed E-state index contributed by atoms with van der Waals surface area (Å²) in [5.41, 5.74) is 4.02. The van der Waals surface area contributed by atoms with E-state index in [0.717, 1.165) is 29.0 Å². The Morgan fingerprint density at radius 2 is 2.07 bits per heavy atom. The molecule has 1 atom stereocenters. The molecule has 140 valence electrons. The summed E-state index contributed by atoms with van der Waals surface area (Å²) >= 11 is 1.54. The number of benzene rings is 1. The molecule has 1 aromatic heterocycles. The van der Waals surface area contributed by atoms with Crippen LogP contribution in [0.1, 0.15) is 43.9 Å². The maximum Gasteiger partial charge on any atom is 0.227 e. The number of aromatic nitrogens is 3. The first-order chi connectivity index (χ1) is 12.9. The molecule has 2 aliphatic rings. The van der Waals surface area contributed by atoms with Crippen LogP contribution in [0.25, 0.3) is 0 Å². The molecule has 5 nitrogen and oxygen atoms in total. The van der Waals surface area contributed by atoms with E-state index in [1.54, 1.807) is 11.8 Å². The van der Waals surface area contributed by atoms with E-state index in [0.29, 0.717) is 17.5 Å². The number of anilines is 1. The summed E-state index contributed by atoms with van der Waals surface area (Å²) in [5, 5.41) is 8.80. The number of aryl methyl sites for hydroxylation is 1. The molecular weight excluding hydrogens is 356 g/mol. The topological polar surface area (TPSA) is 59.8 Å². The van der Waals surface area contributed by atoms with E-state index in [9.17, 15) is 4.79 Å². The lowest BCUT2D eigenvalue weighted by molar-refractivity contribution is -0.118. The first-order valence-corrected chi connectivity index (χ1v) is 10.2. The second-order valence-corrected chi connectivity index (χ2v) is 9.02. The Bertz CT molecular complexity index is 940. The lowest BCUT2D eigenvalue weighted by Crippen LogP contribution is -2.36. The number of nitrogens with zero attached hydrogens (tertiary/aromatic N) is 3. The molecule has 6 heteroatoms. The number of fused-ring (bicyclic) bond motifs is 1. The Balaban J connectivity index is 1.84. The lowest BCUT2D eigenvalue weighted by Gasteiger charge is -2.38. The lowest BCUT2D eigenvalue weighted by atomic mass is 9.73. The molecule has 1 aliphatic carbocycles. The van der Waals surface area contributed by atoms with E-state index in [-0.39, 0.29) is 17.2 Å². The Morgan fingerprint density at radius 3 is 2.78 bits per heavy atom. The Hall–Kier alpha value is -2.34. The molecule has 0 bridgehead atoms. The zero-order valence-corrected chi connectivity index (χ0v) is 16.8. The number of allylic oxidation sites excluding steroid dienone is 2. The maximum atomic E-state index is 13.1. The summed E-state index contributed by atoms with van der Waals surface area (Å²) in [4.78, 5) is 17.8. The van der Waals surface area contributed by atoms with Gasteiger partial charge in [0.2, 0.25) is 11.1 Å². The van der Waals surface area contributed by atoms with Crippen molar-refractivity contribution in [3.8, 4) is 0 Å². The maximum absolute atomic E-state index is 13.1. The smallest absolute Gasteiger partial charge is 0.227 e. The first kappa shape index (κ1) is 18.0. The zero-order valence-electron chi connectivity index (χ0n) is 16.0. The van der Waals surface area contributed by atoms with Crippen molar-refractivity contribution in [2.24, 2.45) is 5.41 Å².